The summed E-state index contributed by atoms with van der Waals surface area (Å²) in [7, 11) is 0. The summed E-state index contributed by atoms with van der Waals surface area (Å²) in [5.74, 6) is -1.03. The van der Waals surface area contributed by atoms with Crippen LogP contribution < -0.4 is 21.1 Å². The Morgan fingerprint density at radius 1 is 0.941 bits per heavy atom. The van der Waals surface area contributed by atoms with Gasteiger partial charge in [-0.1, -0.05) is 51.5 Å². The summed E-state index contributed by atoms with van der Waals surface area (Å²) >= 11 is 0. The van der Waals surface area contributed by atoms with Gasteiger partial charge in [-0.15, -0.1) is 0 Å². The summed E-state index contributed by atoms with van der Waals surface area (Å²) in [5, 5.41) is 6.31. The third-order valence-corrected chi connectivity index (χ3v) is 10.4. The molecule has 0 bridgehead atoms. The minimum Gasteiger partial charge on any atom is -0.493 e. The Labute approximate surface area is 301 Å². The van der Waals surface area contributed by atoms with Crippen molar-refractivity contribution in [2.75, 3.05) is 26.4 Å². The van der Waals surface area contributed by atoms with Gasteiger partial charge in [0.25, 0.3) is 0 Å². The van der Waals surface area contributed by atoms with Crippen molar-refractivity contribution in [3.63, 3.8) is 0 Å². The van der Waals surface area contributed by atoms with Gasteiger partial charge >= 0.3 is 0 Å². The molecule has 3 aromatic rings. The molecule has 11 heteroatoms. The molecule has 276 valence electrons. The van der Waals surface area contributed by atoms with E-state index >= 15 is 0 Å². The van der Waals surface area contributed by atoms with E-state index in [1.54, 1.807) is 6.92 Å². The number of pyridine rings is 1. The number of amides is 2. The standard InChI is InChI=1S/C40H55N5O6/c1-4-32(46)22-30(21-31-25-45-24-29(26(2)3)12-13-37(45)42-31)40(49)44-38(27-14-18-50-19-15-27)35(47)23-28(9-7-8-17-41)39(48)43-34-16-20-51-36-11-6-5-10-33(34)36/h5-6,10-13,24-28,30,34,38H,4,7-9,14-23,41H2,1-3H3,(H,43,48)(H,44,49)/t28-,30-,34-,38+/m1/s1. The summed E-state index contributed by atoms with van der Waals surface area (Å²) in [4.78, 5) is 59.9. The van der Waals surface area contributed by atoms with Gasteiger partial charge < -0.3 is 30.2 Å². The van der Waals surface area contributed by atoms with Gasteiger partial charge in [0.15, 0.2) is 5.78 Å². The Kier molecular flexibility index (Phi) is 13.8. The predicted octanol–water partition coefficient (Wildman–Crippen LogP) is 5.24. The number of benzene rings is 1. The molecule has 2 aromatic heterocycles. The lowest BCUT2D eigenvalue weighted by Crippen LogP contribution is -2.50. The first-order chi connectivity index (χ1) is 24.7. The number of nitrogens with one attached hydrogen (secondary N) is 2. The van der Waals surface area contributed by atoms with Gasteiger partial charge in [0.1, 0.15) is 17.2 Å². The summed E-state index contributed by atoms with van der Waals surface area (Å²) in [5.41, 5.74) is 9.37. The summed E-state index contributed by atoms with van der Waals surface area (Å²) in [6.45, 7) is 8.03. The molecule has 5 rings (SSSR count). The molecule has 1 saturated heterocycles. The Morgan fingerprint density at radius 2 is 1.73 bits per heavy atom. The number of nitrogens with zero attached hydrogens (tertiary/aromatic N) is 2. The lowest BCUT2D eigenvalue weighted by molar-refractivity contribution is -0.136. The Morgan fingerprint density at radius 3 is 2.47 bits per heavy atom. The monoisotopic (exact) mass is 701 g/mol. The molecule has 0 spiro atoms. The van der Waals surface area contributed by atoms with E-state index in [2.05, 4.69) is 30.5 Å². The van der Waals surface area contributed by atoms with E-state index in [0.717, 1.165) is 23.4 Å². The summed E-state index contributed by atoms with van der Waals surface area (Å²) < 4.78 is 13.4. The van der Waals surface area contributed by atoms with Crippen LogP contribution in [0.3, 0.4) is 0 Å². The number of carbonyl (C=O) groups is 4. The number of imidazole rings is 1. The van der Waals surface area contributed by atoms with Crippen molar-refractivity contribution >= 4 is 29.0 Å². The number of ether oxygens (including phenoxy) is 2. The molecule has 51 heavy (non-hydrogen) atoms. The number of hydrogen-bond acceptors (Lipinski definition) is 8. The van der Waals surface area contributed by atoms with Crippen LogP contribution in [-0.4, -0.2) is 65.2 Å². The van der Waals surface area contributed by atoms with Crippen LogP contribution in [0.15, 0.2) is 48.8 Å². The van der Waals surface area contributed by atoms with Gasteiger partial charge in [-0.25, -0.2) is 4.98 Å². The maximum Gasteiger partial charge on any atom is 0.224 e. The number of nitrogens with two attached hydrogens (primary N) is 1. The molecular weight excluding hydrogens is 646 g/mol. The number of rotatable bonds is 18. The first-order valence-electron chi connectivity index (χ1n) is 18.8. The molecule has 4 N–H and O–H groups in total. The number of unbranched alkanes of at least 4 members (excludes halogenated alkanes) is 1. The fraction of sp³-hybridized carbons (Fsp3) is 0.575. The van der Waals surface area contributed by atoms with Crippen molar-refractivity contribution < 1.29 is 28.7 Å². The molecule has 11 nitrogen and oxygen atoms in total. The lowest BCUT2D eigenvalue weighted by Gasteiger charge is -2.32. The van der Waals surface area contributed by atoms with Gasteiger partial charge in [0, 0.05) is 69.2 Å². The number of hydrogen-bond donors (Lipinski definition) is 3. The Balaban J connectivity index is 1.34. The molecule has 0 unspecified atom stereocenters. The van der Waals surface area contributed by atoms with Crippen molar-refractivity contribution in [2.24, 2.45) is 23.5 Å². The van der Waals surface area contributed by atoms with Gasteiger partial charge in [-0.3, -0.25) is 19.2 Å². The van der Waals surface area contributed by atoms with Gasteiger partial charge in [0.05, 0.1) is 30.3 Å². The zero-order chi connectivity index (χ0) is 36.3. The van der Waals surface area contributed by atoms with Crippen LogP contribution in [0.5, 0.6) is 5.75 Å². The second kappa shape index (κ2) is 18.4. The predicted molar refractivity (Wildman–Crippen MR) is 195 cm³/mol. The molecule has 2 amide bonds. The SMILES string of the molecule is CCC(=O)C[C@@H](Cc1cn2cc(C(C)C)ccc2n1)C(=O)N[C@H](C(=O)C[C@@H](CCCCN)C(=O)N[C@@H]1CCOc2ccccc21)C1CCOCC1. The van der Waals surface area contributed by atoms with Gasteiger partial charge in [0.2, 0.25) is 11.8 Å². The third kappa shape index (κ3) is 10.3. The fourth-order valence-corrected chi connectivity index (χ4v) is 7.22. The average molecular weight is 702 g/mol. The van der Waals surface area contributed by atoms with E-state index in [1.165, 1.54) is 5.56 Å². The molecule has 0 aliphatic carbocycles. The smallest absolute Gasteiger partial charge is 0.224 e. The van der Waals surface area contributed by atoms with Crippen LogP contribution in [0.1, 0.15) is 107 Å². The molecule has 4 heterocycles. The number of aromatic nitrogens is 2. The highest BCUT2D eigenvalue weighted by Crippen LogP contribution is 2.32. The largest absolute Gasteiger partial charge is 0.493 e. The summed E-state index contributed by atoms with van der Waals surface area (Å²) in [6, 6.07) is 10.7. The topological polar surface area (TPSA) is 154 Å². The van der Waals surface area contributed by atoms with Gasteiger partial charge in [-0.05, 0) is 61.8 Å². The van der Waals surface area contributed by atoms with E-state index < -0.39 is 17.9 Å². The number of fused-ring (bicyclic) bond motifs is 2. The first-order valence-corrected chi connectivity index (χ1v) is 18.8. The van der Waals surface area contributed by atoms with Crippen LogP contribution in [0, 0.1) is 17.8 Å². The first kappa shape index (κ1) is 38.1. The maximum absolute atomic E-state index is 14.3. The van der Waals surface area contributed by atoms with Crippen molar-refractivity contribution in [3.05, 3.63) is 65.6 Å². The number of carbonyl (C=O) groups excluding carboxylic acids is 4. The molecule has 0 saturated carbocycles. The van der Waals surface area contributed by atoms with Crippen molar-refractivity contribution in [3.8, 4) is 5.75 Å². The van der Waals surface area contributed by atoms with Crippen LogP contribution in [0.25, 0.3) is 5.65 Å². The van der Waals surface area contributed by atoms with E-state index in [0.29, 0.717) is 76.5 Å². The molecule has 0 radical (unpaired) electrons. The van der Waals surface area contributed by atoms with E-state index in [9.17, 15) is 19.2 Å². The lowest BCUT2D eigenvalue weighted by atomic mass is 9.83. The fourth-order valence-electron chi connectivity index (χ4n) is 7.22. The molecule has 4 atom stereocenters. The van der Waals surface area contributed by atoms with Crippen molar-refractivity contribution in [1.29, 1.82) is 0 Å². The minimum absolute atomic E-state index is 0.00719. The highest BCUT2D eigenvalue weighted by molar-refractivity contribution is 5.94. The number of Topliss-reactive ketones (excluding diaryl/α,β-unsaturated/α-hetero) is 2. The Hall–Kier alpha value is -4.09. The molecule has 2 aliphatic heterocycles. The minimum atomic E-state index is -0.802. The van der Waals surface area contributed by atoms with Crippen molar-refractivity contribution in [1.82, 2.24) is 20.0 Å². The molecule has 2 aliphatic rings. The number of para-hydroxylation sites is 1. The van der Waals surface area contributed by atoms with E-state index in [-0.39, 0.29) is 54.6 Å². The maximum atomic E-state index is 14.3. The average Bonchev–Trinajstić information content (AvgIpc) is 3.55. The normalized spacial score (nSPS) is 18.0. The molecule has 1 aromatic carbocycles. The number of ketones is 2. The van der Waals surface area contributed by atoms with Crippen LogP contribution in [-0.2, 0) is 30.3 Å². The second-order valence-corrected chi connectivity index (χ2v) is 14.4. The molecular formula is C40H55N5O6. The zero-order valence-electron chi connectivity index (χ0n) is 30.4. The van der Waals surface area contributed by atoms with Crippen LogP contribution in [0.2, 0.25) is 0 Å². The quantitative estimate of drug-likeness (QED) is 0.152. The van der Waals surface area contributed by atoms with Crippen molar-refractivity contribution in [2.45, 2.75) is 103 Å². The summed E-state index contributed by atoms with van der Waals surface area (Å²) in [6.07, 6.45) is 8.41. The van der Waals surface area contributed by atoms with E-state index in [1.807, 2.05) is 47.1 Å². The second-order valence-electron chi connectivity index (χ2n) is 14.4. The van der Waals surface area contributed by atoms with Crippen LogP contribution >= 0.6 is 0 Å². The highest BCUT2D eigenvalue weighted by atomic mass is 16.5. The molecule has 1 fully saturated rings. The van der Waals surface area contributed by atoms with E-state index in [4.69, 9.17) is 20.2 Å². The third-order valence-electron chi connectivity index (χ3n) is 10.4. The van der Waals surface area contributed by atoms with Crippen LogP contribution in [0.4, 0.5) is 0 Å². The highest BCUT2D eigenvalue weighted by Gasteiger charge is 2.36. The zero-order valence-corrected chi connectivity index (χ0v) is 30.4. The Bertz CT molecular complexity index is 1650. The van der Waals surface area contributed by atoms with Gasteiger partial charge in [-0.2, -0.15) is 0 Å².